The number of benzene rings is 2. The van der Waals surface area contributed by atoms with Crippen LogP contribution in [-0.2, 0) is 14.4 Å². The lowest BCUT2D eigenvalue weighted by Gasteiger charge is -2.18. The Hall–Kier alpha value is -3.36. The molecular formula is C29H40N4O3S. The van der Waals surface area contributed by atoms with Gasteiger partial charge in [0.05, 0.1) is 6.54 Å². The lowest BCUT2D eigenvalue weighted by atomic mass is 10.1. The highest BCUT2D eigenvalue weighted by Gasteiger charge is 2.09. The molecular weight excluding hydrogens is 484 g/mol. The number of rotatable bonds is 10. The molecule has 200 valence electrons. The number of amides is 3. The maximum absolute atomic E-state index is 12.0. The normalized spacial score (nSPS) is 11.4. The minimum absolute atomic E-state index is 0.0255. The SMILES string of the molecule is C=C/C(CNC(=O)CNC(=O)CCNSc1ccc(C)cc1)=c1/ccccc1=C.CC(=O)NC(C)(C)C. The van der Waals surface area contributed by atoms with Crippen molar-refractivity contribution in [1.29, 1.82) is 0 Å². The van der Waals surface area contributed by atoms with E-state index in [9.17, 15) is 14.4 Å². The quantitative estimate of drug-likeness (QED) is 0.283. The largest absolute Gasteiger partial charge is 0.352 e. The predicted octanol–water partition coefficient (Wildman–Crippen LogP) is 2.58. The summed E-state index contributed by atoms with van der Waals surface area (Å²) in [4.78, 5) is 35.4. The fourth-order valence-electron chi connectivity index (χ4n) is 3.07. The van der Waals surface area contributed by atoms with Crippen LogP contribution in [0.1, 0.15) is 39.7 Å². The van der Waals surface area contributed by atoms with E-state index in [0.29, 0.717) is 19.5 Å². The molecule has 0 aliphatic heterocycles. The van der Waals surface area contributed by atoms with Crippen molar-refractivity contribution in [2.75, 3.05) is 19.6 Å². The van der Waals surface area contributed by atoms with Gasteiger partial charge in [0.2, 0.25) is 17.7 Å². The van der Waals surface area contributed by atoms with Crippen LogP contribution in [-0.4, -0.2) is 42.9 Å². The molecule has 0 fully saturated rings. The first-order chi connectivity index (χ1) is 17.4. The smallest absolute Gasteiger partial charge is 0.239 e. The highest BCUT2D eigenvalue weighted by atomic mass is 32.2. The van der Waals surface area contributed by atoms with Crippen LogP contribution < -0.4 is 31.1 Å². The van der Waals surface area contributed by atoms with Crippen LogP contribution >= 0.6 is 11.9 Å². The molecule has 8 heteroatoms. The van der Waals surface area contributed by atoms with E-state index in [4.69, 9.17) is 0 Å². The van der Waals surface area contributed by atoms with Gasteiger partial charge in [-0.15, -0.1) is 0 Å². The Morgan fingerprint density at radius 2 is 1.57 bits per heavy atom. The summed E-state index contributed by atoms with van der Waals surface area (Å²) < 4.78 is 3.15. The number of hydrogen-bond acceptors (Lipinski definition) is 5. The topological polar surface area (TPSA) is 99.3 Å². The van der Waals surface area contributed by atoms with Gasteiger partial charge < -0.3 is 16.0 Å². The van der Waals surface area contributed by atoms with Crippen molar-refractivity contribution in [3.8, 4) is 0 Å². The molecule has 0 spiro atoms. The standard InChI is InChI=1S/C23H27N3O2S.C6H13NO/c1-4-19(21-8-6-5-7-18(21)3)15-24-23(28)16-25-22(27)13-14-26-29-20-11-9-17(2)10-12-20;1-5(8)7-6(2,3)4/h4-12,26H,1,3,13-16H2,2H3,(H,24,28)(H,25,27);1-4H3,(H,7,8)/b21-19+;. The van der Waals surface area contributed by atoms with Crippen LogP contribution in [0.2, 0.25) is 0 Å². The van der Waals surface area contributed by atoms with Crippen molar-refractivity contribution in [2.45, 2.75) is 51.5 Å². The summed E-state index contributed by atoms with van der Waals surface area (Å²) in [6, 6.07) is 15.8. The zero-order valence-corrected chi connectivity index (χ0v) is 23.4. The van der Waals surface area contributed by atoms with Crippen LogP contribution in [0.25, 0.3) is 12.2 Å². The van der Waals surface area contributed by atoms with E-state index in [1.54, 1.807) is 6.08 Å². The van der Waals surface area contributed by atoms with Gasteiger partial charge in [-0.2, -0.15) is 0 Å². The monoisotopic (exact) mass is 524 g/mol. The number of nitrogens with one attached hydrogen (secondary N) is 4. The summed E-state index contributed by atoms with van der Waals surface area (Å²) in [6.45, 7) is 18.0. The maximum Gasteiger partial charge on any atom is 0.239 e. The zero-order chi connectivity index (χ0) is 27.8. The van der Waals surface area contributed by atoms with Gasteiger partial charge in [-0.1, -0.05) is 61.2 Å². The molecule has 0 aromatic heterocycles. The van der Waals surface area contributed by atoms with Gasteiger partial charge in [0.25, 0.3) is 0 Å². The molecule has 4 N–H and O–H groups in total. The number of hydrogen-bond donors (Lipinski definition) is 4. The first kappa shape index (κ1) is 31.7. The molecule has 0 radical (unpaired) electrons. The second-order valence-electron chi connectivity index (χ2n) is 9.43. The number of carbonyl (C=O) groups is 3. The van der Waals surface area contributed by atoms with Gasteiger partial charge in [0.15, 0.2) is 0 Å². The van der Waals surface area contributed by atoms with E-state index in [1.165, 1.54) is 24.4 Å². The lowest BCUT2D eigenvalue weighted by Crippen LogP contribution is -2.39. The fraction of sp³-hybridized carbons (Fsp3) is 0.345. The first-order valence-electron chi connectivity index (χ1n) is 12.1. The molecule has 0 bridgehead atoms. The zero-order valence-electron chi connectivity index (χ0n) is 22.6. The molecule has 2 rings (SSSR count). The highest BCUT2D eigenvalue weighted by Crippen LogP contribution is 2.14. The second kappa shape index (κ2) is 16.4. The molecule has 3 amide bonds. The molecule has 7 nitrogen and oxygen atoms in total. The molecule has 0 saturated carbocycles. The van der Waals surface area contributed by atoms with Crippen LogP contribution in [0.5, 0.6) is 0 Å². The molecule has 0 atom stereocenters. The molecule has 0 aliphatic carbocycles. The minimum atomic E-state index is -0.249. The number of carbonyl (C=O) groups excluding carboxylic acids is 3. The Balaban J connectivity index is 0.000000738. The van der Waals surface area contributed by atoms with E-state index in [-0.39, 0.29) is 29.8 Å². The van der Waals surface area contributed by atoms with Gasteiger partial charge >= 0.3 is 0 Å². The Morgan fingerprint density at radius 3 is 2.11 bits per heavy atom. The average Bonchev–Trinajstić information content (AvgIpc) is 2.82. The van der Waals surface area contributed by atoms with E-state index < -0.39 is 0 Å². The molecule has 2 aromatic rings. The molecule has 0 unspecified atom stereocenters. The third kappa shape index (κ3) is 14.7. The highest BCUT2D eigenvalue weighted by molar-refractivity contribution is 7.97. The van der Waals surface area contributed by atoms with E-state index in [2.05, 4.69) is 33.8 Å². The summed E-state index contributed by atoms with van der Waals surface area (Å²) in [7, 11) is 0. The third-order valence-electron chi connectivity index (χ3n) is 4.75. The summed E-state index contributed by atoms with van der Waals surface area (Å²) in [6.07, 6.45) is 2.01. The van der Waals surface area contributed by atoms with Gasteiger partial charge in [0.1, 0.15) is 0 Å². The van der Waals surface area contributed by atoms with Crippen molar-refractivity contribution in [1.82, 2.24) is 20.7 Å². The molecule has 0 saturated heterocycles. The van der Waals surface area contributed by atoms with Gasteiger partial charge in [-0.25, -0.2) is 0 Å². The fourth-order valence-corrected chi connectivity index (χ4v) is 3.71. The molecule has 37 heavy (non-hydrogen) atoms. The average molecular weight is 525 g/mol. The molecule has 0 aliphatic rings. The van der Waals surface area contributed by atoms with Crippen molar-refractivity contribution in [2.24, 2.45) is 0 Å². The summed E-state index contributed by atoms with van der Waals surface area (Å²) >= 11 is 1.48. The molecule has 0 heterocycles. The minimum Gasteiger partial charge on any atom is -0.352 e. The van der Waals surface area contributed by atoms with Crippen molar-refractivity contribution in [3.63, 3.8) is 0 Å². The Labute approximate surface area is 225 Å². The predicted molar refractivity (Wildman–Crippen MR) is 154 cm³/mol. The molecule has 2 aromatic carbocycles. The second-order valence-corrected chi connectivity index (χ2v) is 10.4. The first-order valence-corrected chi connectivity index (χ1v) is 12.9. The maximum atomic E-state index is 12.0. The van der Waals surface area contributed by atoms with E-state index in [1.807, 2.05) is 76.2 Å². The van der Waals surface area contributed by atoms with Crippen molar-refractivity contribution >= 4 is 41.8 Å². The van der Waals surface area contributed by atoms with E-state index >= 15 is 0 Å². The van der Waals surface area contributed by atoms with Gasteiger partial charge in [-0.3, -0.25) is 19.1 Å². The lowest BCUT2D eigenvalue weighted by molar-refractivity contribution is -0.125. The third-order valence-corrected chi connectivity index (χ3v) is 5.60. The summed E-state index contributed by atoms with van der Waals surface area (Å²) in [5.41, 5.74) is 2.01. The summed E-state index contributed by atoms with van der Waals surface area (Å²) in [5.74, 6) is -0.396. The van der Waals surface area contributed by atoms with Gasteiger partial charge in [-0.05, 0) is 67.8 Å². The van der Waals surface area contributed by atoms with Crippen molar-refractivity contribution in [3.05, 3.63) is 77.2 Å². The Kier molecular flexibility index (Phi) is 14.0. The Bertz CT molecular complexity index is 1150. The van der Waals surface area contributed by atoms with E-state index in [0.717, 1.165) is 20.9 Å². The number of aryl methyl sites for hydroxylation is 1. The van der Waals surface area contributed by atoms with Crippen LogP contribution in [0, 0.1) is 6.92 Å². The van der Waals surface area contributed by atoms with Crippen LogP contribution in [0.15, 0.2) is 66.1 Å². The van der Waals surface area contributed by atoms with Crippen molar-refractivity contribution < 1.29 is 14.4 Å². The van der Waals surface area contributed by atoms with Crippen LogP contribution in [0.4, 0.5) is 0 Å². The Morgan fingerprint density at radius 1 is 0.946 bits per heavy atom. The van der Waals surface area contributed by atoms with Crippen LogP contribution in [0.3, 0.4) is 0 Å². The van der Waals surface area contributed by atoms with Gasteiger partial charge in [0, 0.05) is 36.9 Å². The summed E-state index contributed by atoms with van der Waals surface area (Å²) in [5, 5.41) is 10.00.